The molecule has 0 spiro atoms. The Labute approximate surface area is 109 Å². The number of rotatable bonds is 3. The number of hydrogen-bond acceptors (Lipinski definition) is 1. The van der Waals surface area contributed by atoms with Crippen LogP contribution in [0.15, 0.2) is 48.5 Å². The molecule has 2 aromatic carbocycles. The van der Waals surface area contributed by atoms with Crippen LogP contribution in [0.3, 0.4) is 0 Å². The van der Waals surface area contributed by atoms with Crippen LogP contribution in [-0.4, -0.2) is 6.54 Å². The molecule has 0 saturated carbocycles. The van der Waals surface area contributed by atoms with Crippen LogP contribution in [0.4, 0.5) is 13.2 Å². The highest BCUT2D eigenvalue weighted by Gasteiger charge is 2.29. The first-order valence-electron chi connectivity index (χ1n) is 5.98. The predicted octanol–water partition coefficient (Wildman–Crippen LogP) is 3.87. The lowest BCUT2D eigenvalue weighted by Gasteiger charge is -2.11. The lowest BCUT2D eigenvalue weighted by atomic mass is 9.97. The molecule has 100 valence electrons. The first-order chi connectivity index (χ1) is 9.02. The molecule has 19 heavy (non-hydrogen) atoms. The molecule has 2 rings (SSSR count). The summed E-state index contributed by atoms with van der Waals surface area (Å²) in [5.74, 6) is 0. The number of hydrogen-bond donors (Lipinski definition) is 1. The molecule has 4 heteroatoms. The second-order valence-electron chi connectivity index (χ2n) is 4.27. The fourth-order valence-corrected chi connectivity index (χ4v) is 2.01. The Kier molecular flexibility index (Phi) is 3.90. The van der Waals surface area contributed by atoms with E-state index < -0.39 is 11.7 Å². The second kappa shape index (κ2) is 5.45. The fraction of sp³-hybridized carbons (Fsp3) is 0.200. The number of nitrogens with two attached hydrogens (primary N) is 1. The van der Waals surface area contributed by atoms with Crippen molar-refractivity contribution >= 4 is 0 Å². The molecule has 2 aromatic rings. The van der Waals surface area contributed by atoms with Crippen LogP contribution in [-0.2, 0) is 12.6 Å². The van der Waals surface area contributed by atoms with Gasteiger partial charge in [-0.05, 0) is 41.8 Å². The van der Waals surface area contributed by atoms with Crippen LogP contribution >= 0.6 is 0 Å². The lowest BCUT2D eigenvalue weighted by Crippen LogP contribution is -2.05. The van der Waals surface area contributed by atoms with Crippen molar-refractivity contribution in [3.8, 4) is 11.1 Å². The Morgan fingerprint density at radius 1 is 0.895 bits per heavy atom. The van der Waals surface area contributed by atoms with Gasteiger partial charge in [0.25, 0.3) is 0 Å². The zero-order chi connectivity index (χ0) is 13.9. The quantitative estimate of drug-likeness (QED) is 0.895. The summed E-state index contributed by atoms with van der Waals surface area (Å²) in [6, 6.07) is 12.8. The molecule has 0 unspecified atom stereocenters. The van der Waals surface area contributed by atoms with Crippen LogP contribution in [0.25, 0.3) is 11.1 Å². The third-order valence-corrected chi connectivity index (χ3v) is 2.95. The molecule has 0 bridgehead atoms. The monoisotopic (exact) mass is 265 g/mol. The fourth-order valence-electron chi connectivity index (χ4n) is 2.01. The van der Waals surface area contributed by atoms with Gasteiger partial charge in [0.05, 0.1) is 5.56 Å². The summed E-state index contributed by atoms with van der Waals surface area (Å²) < 4.78 is 37.5. The summed E-state index contributed by atoms with van der Waals surface area (Å²) in [6.07, 6.45) is -3.59. The third-order valence-electron chi connectivity index (χ3n) is 2.95. The van der Waals surface area contributed by atoms with Gasteiger partial charge in [-0.25, -0.2) is 0 Å². The van der Waals surface area contributed by atoms with E-state index >= 15 is 0 Å². The highest BCUT2D eigenvalue weighted by molar-refractivity contribution is 5.67. The van der Waals surface area contributed by atoms with Crippen molar-refractivity contribution in [3.63, 3.8) is 0 Å². The van der Waals surface area contributed by atoms with Crippen molar-refractivity contribution in [3.05, 3.63) is 59.7 Å². The summed E-state index contributed by atoms with van der Waals surface area (Å²) >= 11 is 0. The molecular weight excluding hydrogens is 251 g/mol. The highest BCUT2D eigenvalue weighted by Crippen LogP contribution is 2.31. The highest BCUT2D eigenvalue weighted by atomic mass is 19.4. The van der Waals surface area contributed by atoms with Crippen LogP contribution in [0.1, 0.15) is 11.1 Å². The standard InChI is InChI=1S/C15H14F3N/c16-15(17,18)13-7-5-12(6-8-13)14-4-2-1-3-11(14)9-10-19/h1-8H,9-10,19H2. The Morgan fingerprint density at radius 2 is 1.53 bits per heavy atom. The molecule has 2 N–H and O–H groups in total. The number of halogens is 3. The molecular formula is C15H14F3N. The number of alkyl halides is 3. The van der Waals surface area contributed by atoms with Gasteiger partial charge in [0.1, 0.15) is 0 Å². The maximum Gasteiger partial charge on any atom is 0.416 e. The van der Waals surface area contributed by atoms with Gasteiger partial charge in [-0.1, -0.05) is 36.4 Å². The average molecular weight is 265 g/mol. The molecule has 0 radical (unpaired) electrons. The first kappa shape index (κ1) is 13.6. The minimum atomic E-state index is -4.30. The zero-order valence-electron chi connectivity index (χ0n) is 10.2. The minimum absolute atomic E-state index is 0.512. The van der Waals surface area contributed by atoms with Crippen LogP contribution < -0.4 is 5.73 Å². The Balaban J connectivity index is 2.37. The van der Waals surface area contributed by atoms with Gasteiger partial charge in [-0.3, -0.25) is 0 Å². The summed E-state index contributed by atoms with van der Waals surface area (Å²) in [7, 11) is 0. The molecule has 0 heterocycles. The average Bonchev–Trinajstić information content (AvgIpc) is 2.39. The summed E-state index contributed by atoms with van der Waals surface area (Å²) in [5.41, 5.74) is 7.66. The van der Waals surface area contributed by atoms with E-state index in [9.17, 15) is 13.2 Å². The van der Waals surface area contributed by atoms with E-state index in [0.717, 1.165) is 28.8 Å². The van der Waals surface area contributed by atoms with Gasteiger partial charge in [0, 0.05) is 0 Å². The van der Waals surface area contributed by atoms with Crippen molar-refractivity contribution < 1.29 is 13.2 Å². The molecule has 0 aliphatic carbocycles. The van der Waals surface area contributed by atoms with Crippen LogP contribution in [0.5, 0.6) is 0 Å². The normalized spacial score (nSPS) is 11.6. The van der Waals surface area contributed by atoms with E-state index in [4.69, 9.17) is 5.73 Å². The van der Waals surface area contributed by atoms with E-state index in [2.05, 4.69) is 0 Å². The molecule has 0 saturated heterocycles. The topological polar surface area (TPSA) is 26.0 Å². The van der Waals surface area contributed by atoms with Gasteiger partial charge in [0.15, 0.2) is 0 Å². The van der Waals surface area contributed by atoms with Gasteiger partial charge < -0.3 is 5.73 Å². The van der Waals surface area contributed by atoms with Crippen LogP contribution in [0.2, 0.25) is 0 Å². The van der Waals surface area contributed by atoms with Gasteiger partial charge in [0.2, 0.25) is 0 Å². The third kappa shape index (κ3) is 3.15. The van der Waals surface area contributed by atoms with Crippen molar-refractivity contribution in [2.75, 3.05) is 6.54 Å². The molecule has 0 atom stereocenters. The Bertz CT molecular complexity index is 544. The van der Waals surface area contributed by atoms with E-state index in [1.807, 2.05) is 24.3 Å². The van der Waals surface area contributed by atoms with Crippen molar-refractivity contribution in [1.82, 2.24) is 0 Å². The van der Waals surface area contributed by atoms with Gasteiger partial charge >= 0.3 is 6.18 Å². The molecule has 1 nitrogen and oxygen atoms in total. The minimum Gasteiger partial charge on any atom is -0.330 e. The van der Waals surface area contributed by atoms with Crippen molar-refractivity contribution in [2.45, 2.75) is 12.6 Å². The summed E-state index contributed by atoms with van der Waals surface area (Å²) in [4.78, 5) is 0. The molecule has 0 aliphatic rings. The van der Waals surface area contributed by atoms with E-state index in [1.165, 1.54) is 12.1 Å². The SMILES string of the molecule is NCCc1ccccc1-c1ccc(C(F)(F)F)cc1. The molecule has 0 amide bonds. The summed E-state index contributed by atoms with van der Waals surface area (Å²) in [5, 5.41) is 0. The molecule has 0 fully saturated rings. The van der Waals surface area contributed by atoms with E-state index in [0.29, 0.717) is 13.0 Å². The number of benzene rings is 2. The maximum absolute atomic E-state index is 12.5. The zero-order valence-corrected chi connectivity index (χ0v) is 10.2. The van der Waals surface area contributed by atoms with Gasteiger partial charge in [-0.15, -0.1) is 0 Å². The summed E-state index contributed by atoms with van der Waals surface area (Å²) in [6.45, 7) is 0.512. The van der Waals surface area contributed by atoms with E-state index in [1.54, 1.807) is 0 Å². The maximum atomic E-state index is 12.5. The second-order valence-corrected chi connectivity index (χ2v) is 4.27. The Morgan fingerprint density at radius 3 is 2.11 bits per heavy atom. The van der Waals surface area contributed by atoms with Crippen LogP contribution in [0, 0.1) is 0 Å². The van der Waals surface area contributed by atoms with Crippen molar-refractivity contribution in [2.24, 2.45) is 5.73 Å². The molecule has 0 aromatic heterocycles. The Hall–Kier alpha value is -1.81. The van der Waals surface area contributed by atoms with Gasteiger partial charge in [-0.2, -0.15) is 13.2 Å². The molecule has 0 aliphatic heterocycles. The van der Waals surface area contributed by atoms with Crippen molar-refractivity contribution in [1.29, 1.82) is 0 Å². The lowest BCUT2D eigenvalue weighted by molar-refractivity contribution is -0.137. The largest absolute Gasteiger partial charge is 0.416 e. The van der Waals surface area contributed by atoms with E-state index in [-0.39, 0.29) is 0 Å². The smallest absolute Gasteiger partial charge is 0.330 e. The predicted molar refractivity (Wildman–Crippen MR) is 69.6 cm³/mol. The first-order valence-corrected chi connectivity index (χ1v) is 5.98.